The monoisotopic (exact) mass is 193 g/mol. The molecule has 0 aliphatic rings. The molecule has 0 amide bonds. The highest BCUT2D eigenvalue weighted by atomic mass is 15.3. The Bertz CT molecular complexity index is 265. The lowest BCUT2D eigenvalue weighted by atomic mass is 10.3. The van der Waals surface area contributed by atoms with Gasteiger partial charge in [0, 0.05) is 19.3 Å². The summed E-state index contributed by atoms with van der Waals surface area (Å²) in [4.78, 5) is 0. The summed E-state index contributed by atoms with van der Waals surface area (Å²) in [6, 6.07) is 2.06. The molecule has 3 heteroatoms. The van der Waals surface area contributed by atoms with Crippen LogP contribution >= 0.6 is 0 Å². The number of nitrogens with zero attached hydrogens (tertiary/aromatic N) is 2. The number of nitrogens with one attached hydrogen (secondary N) is 1. The maximum atomic E-state index is 4.26. The van der Waals surface area contributed by atoms with Crippen molar-refractivity contribution in [2.45, 2.75) is 32.9 Å². The topological polar surface area (TPSA) is 29.9 Å². The fourth-order valence-electron chi connectivity index (χ4n) is 1.32. The van der Waals surface area contributed by atoms with Gasteiger partial charge in [0.15, 0.2) is 0 Å². The second-order valence-corrected chi connectivity index (χ2v) is 3.30. The minimum Gasteiger partial charge on any atom is -0.311 e. The van der Waals surface area contributed by atoms with Crippen LogP contribution < -0.4 is 5.32 Å². The highest BCUT2D eigenvalue weighted by Gasteiger charge is 1.99. The molecule has 1 rings (SSSR count). The molecule has 0 atom stereocenters. The van der Waals surface area contributed by atoms with Crippen LogP contribution in [0.3, 0.4) is 0 Å². The van der Waals surface area contributed by atoms with E-state index in [1.54, 1.807) is 0 Å². The van der Waals surface area contributed by atoms with Gasteiger partial charge in [-0.2, -0.15) is 5.10 Å². The SMILES string of the molecule is C=CCCn1nccc1CNCCC. The molecule has 1 N–H and O–H groups in total. The standard InChI is InChI=1S/C11H19N3/c1-3-5-9-14-11(6-8-13-14)10-12-7-4-2/h3,6,8,12H,1,4-5,7,9-10H2,2H3. The quantitative estimate of drug-likeness (QED) is 0.530. The van der Waals surface area contributed by atoms with Crippen LogP contribution in [0.15, 0.2) is 24.9 Å². The second-order valence-electron chi connectivity index (χ2n) is 3.30. The molecule has 0 saturated heterocycles. The Morgan fingerprint density at radius 1 is 1.64 bits per heavy atom. The molecule has 1 heterocycles. The Morgan fingerprint density at radius 3 is 3.21 bits per heavy atom. The Labute approximate surface area is 85.8 Å². The molecule has 0 bridgehead atoms. The minimum absolute atomic E-state index is 0.908. The van der Waals surface area contributed by atoms with E-state index in [0.29, 0.717) is 0 Å². The maximum absolute atomic E-state index is 4.26. The van der Waals surface area contributed by atoms with E-state index in [1.807, 2.05) is 17.0 Å². The molecule has 0 radical (unpaired) electrons. The van der Waals surface area contributed by atoms with Gasteiger partial charge in [0.1, 0.15) is 0 Å². The molecule has 0 unspecified atom stereocenters. The predicted molar refractivity (Wildman–Crippen MR) is 59.0 cm³/mol. The van der Waals surface area contributed by atoms with E-state index < -0.39 is 0 Å². The third-order valence-electron chi connectivity index (χ3n) is 2.08. The molecule has 0 aromatic carbocycles. The van der Waals surface area contributed by atoms with E-state index in [-0.39, 0.29) is 0 Å². The molecule has 0 saturated carbocycles. The highest BCUT2D eigenvalue weighted by Crippen LogP contribution is 2.00. The van der Waals surface area contributed by atoms with Crippen LogP contribution in [-0.4, -0.2) is 16.3 Å². The van der Waals surface area contributed by atoms with Gasteiger partial charge in [-0.3, -0.25) is 4.68 Å². The molecule has 1 aromatic rings. The third-order valence-corrected chi connectivity index (χ3v) is 2.08. The summed E-state index contributed by atoms with van der Waals surface area (Å²) in [5, 5.41) is 7.63. The van der Waals surface area contributed by atoms with Crippen LogP contribution in [0.5, 0.6) is 0 Å². The molecule has 0 aliphatic carbocycles. The maximum Gasteiger partial charge on any atom is 0.0522 e. The first-order chi connectivity index (χ1) is 6.88. The summed E-state index contributed by atoms with van der Waals surface area (Å²) in [6.07, 6.45) is 5.92. The van der Waals surface area contributed by atoms with Gasteiger partial charge in [-0.05, 0) is 25.5 Å². The fourth-order valence-corrected chi connectivity index (χ4v) is 1.32. The molecule has 3 nitrogen and oxygen atoms in total. The number of allylic oxidation sites excluding steroid dienone is 1. The number of aryl methyl sites for hydroxylation is 1. The molecule has 14 heavy (non-hydrogen) atoms. The first-order valence-electron chi connectivity index (χ1n) is 5.20. The van der Waals surface area contributed by atoms with Gasteiger partial charge in [-0.15, -0.1) is 6.58 Å². The Kier molecular flexibility index (Phi) is 5.00. The van der Waals surface area contributed by atoms with Gasteiger partial charge in [0.2, 0.25) is 0 Å². The Hall–Kier alpha value is -1.09. The van der Waals surface area contributed by atoms with Crippen molar-refractivity contribution in [2.75, 3.05) is 6.54 Å². The van der Waals surface area contributed by atoms with Crippen molar-refractivity contribution in [3.05, 3.63) is 30.6 Å². The van der Waals surface area contributed by atoms with Gasteiger partial charge in [0.05, 0.1) is 5.69 Å². The first kappa shape index (κ1) is 11.0. The summed E-state index contributed by atoms with van der Waals surface area (Å²) in [5.74, 6) is 0. The smallest absolute Gasteiger partial charge is 0.0522 e. The first-order valence-corrected chi connectivity index (χ1v) is 5.20. The average Bonchev–Trinajstić information content (AvgIpc) is 2.63. The summed E-state index contributed by atoms with van der Waals surface area (Å²) in [7, 11) is 0. The molecule has 0 fully saturated rings. The lowest BCUT2D eigenvalue weighted by molar-refractivity contribution is 0.561. The van der Waals surface area contributed by atoms with E-state index in [1.165, 1.54) is 12.1 Å². The molecule has 1 aromatic heterocycles. The Balaban J connectivity index is 2.40. The number of hydrogen-bond acceptors (Lipinski definition) is 2. The van der Waals surface area contributed by atoms with Crippen LogP contribution in [0.25, 0.3) is 0 Å². The van der Waals surface area contributed by atoms with E-state index in [0.717, 1.165) is 26.1 Å². The van der Waals surface area contributed by atoms with Gasteiger partial charge in [0.25, 0.3) is 0 Å². The largest absolute Gasteiger partial charge is 0.311 e. The zero-order valence-corrected chi connectivity index (χ0v) is 8.87. The van der Waals surface area contributed by atoms with Crippen LogP contribution in [0.4, 0.5) is 0 Å². The number of aromatic nitrogens is 2. The zero-order chi connectivity index (χ0) is 10.2. The van der Waals surface area contributed by atoms with Crippen molar-refractivity contribution >= 4 is 0 Å². The van der Waals surface area contributed by atoms with Crippen LogP contribution in [0.2, 0.25) is 0 Å². The summed E-state index contributed by atoms with van der Waals surface area (Å²) in [6.45, 7) is 8.78. The van der Waals surface area contributed by atoms with Crippen LogP contribution in [0, 0.1) is 0 Å². The van der Waals surface area contributed by atoms with Crippen molar-refractivity contribution < 1.29 is 0 Å². The summed E-state index contributed by atoms with van der Waals surface area (Å²) in [5.41, 5.74) is 1.25. The van der Waals surface area contributed by atoms with Gasteiger partial charge >= 0.3 is 0 Å². The van der Waals surface area contributed by atoms with E-state index >= 15 is 0 Å². The lowest BCUT2D eigenvalue weighted by Crippen LogP contribution is -2.17. The third kappa shape index (κ3) is 3.34. The van der Waals surface area contributed by atoms with E-state index in [9.17, 15) is 0 Å². The predicted octanol–water partition coefficient (Wildman–Crippen LogP) is 1.96. The van der Waals surface area contributed by atoms with Crippen LogP contribution in [0.1, 0.15) is 25.5 Å². The minimum atomic E-state index is 0.908. The lowest BCUT2D eigenvalue weighted by Gasteiger charge is -2.06. The van der Waals surface area contributed by atoms with Crippen LogP contribution in [-0.2, 0) is 13.1 Å². The second kappa shape index (κ2) is 6.38. The van der Waals surface area contributed by atoms with Crippen molar-refractivity contribution in [3.63, 3.8) is 0 Å². The average molecular weight is 193 g/mol. The van der Waals surface area contributed by atoms with Gasteiger partial charge in [-0.25, -0.2) is 0 Å². The van der Waals surface area contributed by atoms with E-state index in [2.05, 4.69) is 30.0 Å². The van der Waals surface area contributed by atoms with Gasteiger partial charge < -0.3 is 5.32 Å². The van der Waals surface area contributed by atoms with Crippen molar-refractivity contribution in [1.29, 1.82) is 0 Å². The van der Waals surface area contributed by atoms with Crippen molar-refractivity contribution in [3.8, 4) is 0 Å². The number of hydrogen-bond donors (Lipinski definition) is 1. The van der Waals surface area contributed by atoms with E-state index in [4.69, 9.17) is 0 Å². The van der Waals surface area contributed by atoms with Crippen molar-refractivity contribution in [1.82, 2.24) is 15.1 Å². The molecular weight excluding hydrogens is 174 g/mol. The molecule has 0 spiro atoms. The summed E-state index contributed by atoms with van der Waals surface area (Å²) >= 11 is 0. The molecular formula is C11H19N3. The molecule has 78 valence electrons. The Morgan fingerprint density at radius 2 is 2.50 bits per heavy atom. The molecule has 0 aliphatic heterocycles. The summed E-state index contributed by atoms with van der Waals surface area (Å²) < 4.78 is 2.03. The van der Waals surface area contributed by atoms with Crippen molar-refractivity contribution in [2.24, 2.45) is 0 Å². The number of rotatable bonds is 7. The fraction of sp³-hybridized carbons (Fsp3) is 0.545. The zero-order valence-electron chi connectivity index (χ0n) is 8.87. The normalized spacial score (nSPS) is 10.4. The van der Waals surface area contributed by atoms with Gasteiger partial charge in [-0.1, -0.05) is 13.0 Å². The highest BCUT2D eigenvalue weighted by molar-refractivity contribution is 5.00.